The molecule has 8 heteroatoms. The van der Waals surface area contributed by atoms with Crippen LogP contribution >= 0.6 is 11.8 Å². The van der Waals surface area contributed by atoms with E-state index in [1.54, 1.807) is 0 Å². The zero-order valence-corrected chi connectivity index (χ0v) is 38.4. The topological polar surface area (TPSA) is 97.6 Å². The minimum Gasteiger partial charge on any atom is -0.507 e. The van der Waals surface area contributed by atoms with Gasteiger partial charge in [-0.2, -0.15) is 21.7 Å². The molecule has 1 aromatic heterocycles. The molecule has 55 heavy (non-hydrogen) atoms. The Morgan fingerprint density at radius 2 is 0.836 bits per heavy atom. The van der Waals surface area contributed by atoms with E-state index in [0.717, 1.165) is 32.8 Å². The first-order chi connectivity index (χ1) is 25.4. The largest absolute Gasteiger partial charge is 0.507 e. The van der Waals surface area contributed by atoms with Gasteiger partial charge in [-0.1, -0.05) is 162 Å². The Morgan fingerprint density at radius 1 is 0.527 bits per heavy atom. The second-order valence-corrected chi connectivity index (χ2v) is 21.3. The fourth-order valence-electron chi connectivity index (χ4n) is 6.45. The Labute approximate surface area is 340 Å². The number of unbranched alkanes of at least 4 members (excludes halogenated alkanes) is 6. The first kappa shape index (κ1) is 48.1. The number of phenols is 2. The van der Waals surface area contributed by atoms with Crippen molar-refractivity contribution >= 4 is 11.8 Å². The fourth-order valence-corrected chi connectivity index (χ4v) is 7.85. The first-order valence-corrected chi connectivity index (χ1v) is 21.8. The highest BCUT2D eigenvalue weighted by molar-refractivity contribution is 8.00. The highest BCUT2D eigenvalue weighted by Crippen LogP contribution is 2.44. The number of hydrogen-bond donors (Lipinski definition) is 2. The standard InChI is InChI=1S/C31H43N3O4.C16H34S/c1-28(2,3)20-13-18(14-21(24(20)35)29(4,5)6)37-26-32-17-33-27(34-26)38-19-15-22(30(7,8)9)25(36)23(16-19)31(10,11)12;1-5-7-9-11-13-15(3)17-16(4)14-12-10-8-6-2/h13-17,35-36H,1-12H3;15-16H,5-14H2,1-4H3. The van der Waals surface area contributed by atoms with Crippen molar-refractivity contribution in [2.75, 3.05) is 0 Å². The lowest BCUT2D eigenvalue weighted by Gasteiger charge is -2.28. The van der Waals surface area contributed by atoms with E-state index in [1.165, 1.54) is 70.5 Å². The summed E-state index contributed by atoms with van der Waals surface area (Å²) < 4.78 is 12.1. The number of phenolic OH excluding ortho intramolecular Hbond substituents is 2. The summed E-state index contributed by atoms with van der Waals surface area (Å²) in [5.41, 5.74) is 1.91. The predicted octanol–water partition coefficient (Wildman–Crippen LogP) is 14.5. The number of hydrogen-bond acceptors (Lipinski definition) is 8. The quantitative estimate of drug-likeness (QED) is 0.139. The molecule has 2 unspecified atom stereocenters. The van der Waals surface area contributed by atoms with Crippen LogP contribution in [-0.4, -0.2) is 35.7 Å². The van der Waals surface area contributed by atoms with Crippen molar-refractivity contribution in [3.63, 3.8) is 0 Å². The highest BCUT2D eigenvalue weighted by Gasteiger charge is 2.29. The average molecular weight is 780 g/mol. The van der Waals surface area contributed by atoms with Crippen molar-refractivity contribution < 1.29 is 19.7 Å². The zero-order chi connectivity index (χ0) is 41.8. The lowest BCUT2D eigenvalue weighted by atomic mass is 9.79. The van der Waals surface area contributed by atoms with Gasteiger partial charge in [-0.25, -0.2) is 0 Å². The Bertz CT molecular complexity index is 1430. The summed E-state index contributed by atoms with van der Waals surface area (Å²) in [5.74, 6) is 1.58. The van der Waals surface area contributed by atoms with Crippen LogP contribution in [0.15, 0.2) is 30.6 Å². The Morgan fingerprint density at radius 3 is 1.11 bits per heavy atom. The van der Waals surface area contributed by atoms with E-state index in [0.29, 0.717) is 11.5 Å². The molecule has 0 radical (unpaired) electrons. The van der Waals surface area contributed by atoms with Crippen molar-refractivity contribution in [2.45, 2.75) is 207 Å². The van der Waals surface area contributed by atoms with Crippen molar-refractivity contribution in [1.82, 2.24) is 15.0 Å². The molecule has 0 spiro atoms. The van der Waals surface area contributed by atoms with Crippen LogP contribution in [-0.2, 0) is 21.7 Å². The van der Waals surface area contributed by atoms with Gasteiger partial charge in [0, 0.05) is 32.8 Å². The third-order valence-corrected chi connectivity index (χ3v) is 11.1. The van der Waals surface area contributed by atoms with Crippen LogP contribution in [0.4, 0.5) is 0 Å². The number of ether oxygens (including phenoxy) is 2. The third kappa shape index (κ3) is 16.2. The Kier molecular flexibility index (Phi) is 18.3. The van der Waals surface area contributed by atoms with E-state index in [2.05, 4.69) is 54.4 Å². The van der Waals surface area contributed by atoms with E-state index in [-0.39, 0.29) is 45.2 Å². The van der Waals surface area contributed by atoms with Crippen LogP contribution in [0.5, 0.6) is 35.0 Å². The SMILES string of the molecule is CC(C)(C)c1cc(Oc2ncnc(Oc3cc(C(C)(C)C)c(O)c(C(C)(C)C)c3)n2)cc(C(C)(C)C)c1O.CCCCCCC(C)SC(C)CCCCCC. The molecule has 3 aromatic rings. The second kappa shape index (κ2) is 21.0. The molecule has 0 saturated carbocycles. The van der Waals surface area contributed by atoms with Crippen molar-refractivity contribution in [1.29, 1.82) is 0 Å². The maximum absolute atomic E-state index is 11.0. The Hall–Kier alpha value is -3.00. The minimum atomic E-state index is -0.300. The van der Waals surface area contributed by atoms with Gasteiger partial charge in [0.15, 0.2) is 0 Å². The van der Waals surface area contributed by atoms with E-state index in [1.807, 2.05) is 107 Å². The monoisotopic (exact) mass is 780 g/mol. The van der Waals surface area contributed by atoms with Crippen molar-refractivity contribution in [3.8, 4) is 35.0 Å². The highest BCUT2D eigenvalue weighted by atomic mass is 32.2. The first-order valence-electron chi connectivity index (χ1n) is 20.8. The summed E-state index contributed by atoms with van der Waals surface area (Å²) in [4.78, 5) is 12.8. The van der Waals surface area contributed by atoms with Gasteiger partial charge in [0.2, 0.25) is 0 Å². The molecule has 310 valence electrons. The van der Waals surface area contributed by atoms with Gasteiger partial charge < -0.3 is 19.7 Å². The van der Waals surface area contributed by atoms with Crippen LogP contribution in [0.3, 0.4) is 0 Å². The molecular weight excluding hydrogens is 703 g/mol. The normalized spacial score (nSPS) is 13.5. The molecule has 3 rings (SSSR count). The van der Waals surface area contributed by atoms with Crippen LogP contribution in [0.1, 0.15) is 197 Å². The number of thioether (sulfide) groups is 1. The third-order valence-electron chi connectivity index (χ3n) is 9.74. The van der Waals surface area contributed by atoms with Crippen molar-refractivity contribution in [3.05, 3.63) is 52.8 Å². The molecule has 0 aliphatic heterocycles. The summed E-state index contributed by atoms with van der Waals surface area (Å²) in [5, 5.41) is 23.7. The predicted molar refractivity (Wildman–Crippen MR) is 235 cm³/mol. The van der Waals surface area contributed by atoms with E-state index in [9.17, 15) is 10.2 Å². The minimum absolute atomic E-state index is 0.0753. The molecule has 0 saturated heterocycles. The van der Waals surface area contributed by atoms with Crippen LogP contribution in [0.2, 0.25) is 0 Å². The Balaban J connectivity index is 0.000000518. The lowest BCUT2D eigenvalue weighted by molar-refractivity contribution is 0.384. The van der Waals surface area contributed by atoms with Crippen molar-refractivity contribution in [2.24, 2.45) is 0 Å². The summed E-state index contributed by atoms with van der Waals surface area (Å²) >= 11 is 2.22. The smallest absolute Gasteiger partial charge is 0.328 e. The van der Waals surface area contributed by atoms with Gasteiger partial charge in [-0.05, 0) is 58.8 Å². The number of aromatic nitrogens is 3. The van der Waals surface area contributed by atoms with E-state index < -0.39 is 0 Å². The summed E-state index contributed by atoms with van der Waals surface area (Å²) in [6.07, 6.45) is 15.5. The van der Waals surface area contributed by atoms with Gasteiger partial charge in [0.05, 0.1) is 0 Å². The number of rotatable bonds is 16. The molecule has 0 bridgehead atoms. The fraction of sp³-hybridized carbons (Fsp3) is 0.681. The summed E-state index contributed by atoms with van der Waals surface area (Å²) in [6, 6.07) is 7.43. The van der Waals surface area contributed by atoms with E-state index in [4.69, 9.17) is 9.47 Å². The number of aromatic hydroxyl groups is 2. The molecule has 2 aromatic carbocycles. The maximum atomic E-state index is 11.0. The lowest BCUT2D eigenvalue weighted by Crippen LogP contribution is -2.17. The summed E-state index contributed by atoms with van der Waals surface area (Å²) in [6.45, 7) is 33.9. The molecule has 2 N–H and O–H groups in total. The molecule has 0 aliphatic carbocycles. The number of benzene rings is 2. The molecule has 7 nitrogen and oxygen atoms in total. The number of nitrogens with zero attached hydrogens (tertiary/aromatic N) is 3. The molecule has 0 fully saturated rings. The molecule has 0 amide bonds. The zero-order valence-electron chi connectivity index (χ0n) is 37.6. The van der Waals surface area contributed by atoms with Crippen LogP contribution in [0.25, 0.3) is 0 Å². The maximum Gasteiger partial charge on any atom is 0.328 e. The van der Waals surface area contributed by atoms with Gasteiger partial charge in [-0.3, -0.25) is 0 Å². The van der Waals surface area contributed by atoms with Gasteiger partial charge >= 0.3 is 12.0 Å². The summed E-state index contributed by atoms with van der Waals surface area (Å²) in [7, 11) is 0. The van der Waals surface area contributed by atoms with Gasteiger partial charge in [0.1, 0.15) is 29.3 Å². The van der Waals surface area contributed by atoms with Gasteiger partial charge in [-0.15, -0.1) is 4.98 Å². The van der Waals surface area contributed by atoms with Gasteiger partial charge in [0.25, 0.3) is 0 Å². The molecule has 2 atom stereocenters. The second-order valence-electron chi connectivity index (χ2n) is 19.4. The van der Waals surface area contributed by atoms with E-state index >= 15 is 0 Å². The van der Waals surface area contributed by atoms with Crippen LogP contribution in [0, 0.1) is 0 Å². The molecule has 0 aliphatic rings. The average Bonchev–Trinajstić information content (AvgIpc) is 3.05. The molecular formula is C47H77N3O4S. The van der Waals surface area contributed by atoms with Crippen LogP contribution < -0.4 is 9.47 Å². The molecule has 1 heterocycles.